The second-order valence-corrected chi connectivity index (χ2v) is 5.78. The Morgan fingerprint density at radius 3 is 2.53 bits per heavy atom. The molecule has 0 aromatic carbocycles. The largest absolute Gasteiger partial charge is 0.341 e. The van der Waals surface area contributed by atoms with E-state index < -0.39 is 0 Å². The highest BCUT2D eigenvalue weighted by Gasteiger charge is 2.33. The zero-order valence-electron chi connectivity index (χ0n) is 11.0. The number of nitrogens with two attached hydrogens (primary N) is 1. The zero-order chi connectivity index (χ0) is 12.3. The Bertz CT molecular complexity index is 274. The van der Waals surface area contributed by atoms with Crippen molar-refractivity contribution in [2.45, 2.75) is 44.1 Å². The molecule has 0 spiro atoms. The van der Waals surface area contributed by atoms with Gasteiger partial charge in [-0.05, 0) is 32.9 Å². The molecule has 4 nitrogen and oxygen atoms in total. The first-order valence-corrected chi connectivity index (χ1v) is 6.84. The molecule has 1 amide bonds. The van der Waals surface area contributed by atoms with Gasteiger partial charge in [-0.2, -0.15) is 0 Å². The predicted octanol–water partition coefficient (Wildman–Crippen LogP) is 0.812. The van der Waals surface area contributed by atoms with Crippen molar-refractivity contribution >= 4 is 5.91 Å². The van der Waals surface area contributed by atoms with Crippen LogP contribution < -0.4 is 5.73 Å². The molecule has 98 valence electrons. The summed E-state index contributed by atoms with van der Waals surface area (Å²) < 4.78 is 0. The number of hydrogen-bond acceptors (Lipinski definition) is 3. The lowest BCUT2D eigenvalue weighted by Crippen LogP contribution is -2.44. The van der Waals surface area contributed by atoms with Crippen molar-refractivity contribution in [3.63, 3.8) is 0 Å². The molecule has 0 unspecified atom stereocenters. The van der Waals surface area contributed by atoms with E-state index in [1.807, 2.05) is 4.90 Å². The van der Waals surface area contributed by atoms with Crippen molar-refractivity contribution in [2.75, 3.05) is 33.2 Å². The summed E-state index contributed by atoms with van der Waals surface area (Å²) in [5.41, 5.74) is 6.08. The summed E-state index contributed by atoms with van der Waals surface area (Å²) in [6.45, 7) is 3.85. The minimum atomic E-state index is -0.199. The van der Waals surface area contributed by atoms with E-state index in [2.05, 4.69) is 11.9 Å². The molecule has 0 aromatic rings. The molecule has 1 saturated carbocycles. The van der Waals surface area contributed by atoms with E-state index in [1.54, 1.807) is 0 Å². The first kappa shape index (κ1) is 12.8. The minimum Gasteiger partial charge on any atom is -0.341 e. The number of likely N-dealkylation sites (N-methyl/N-ethyl adjacent to an activating group) is 1. The molecular formula is C13H25N3O. The summed E-state index contributed by atoms with van der Waals surface area (Å²) in [4.78, 5) is 16.5. The zero-order valence-corrected chi connectivity index (χ0v) is 11.0. The summed E-state index contributed by atoms with van der Waals surface area (Å²) in [6, 6.07) is 0. The van der Waals surface area contributed by atoms with E-state index >= 15 is 0 Å². The second-order valence-electron chi connectivity index (χ2n) is 5.78. The van der Waals surface area contributed by atoms with Crippen molar-refractivity contribution < 1.29 is 4.79 Å². The molecule has 1 heterocycles. The molecule has 4 heteroatoms. The molecular weight excluding hydrogens is 214 g/mol. The van der Waals surface area contributed by atoms with Crippen LogP contribution in [-0.2, 0) is 4.79 Å². The third-order valence-electron chi connectivity index (χ3n) is 4.17. The maximum absolute atomic E-state index is 12.2. The van der Waals surface area contributed by atoms with Crippen LogP contribution in [0.2, 0.25) is 0 Å². The third kappa shape index (κ3) is 3.42. The fourth-order valence-corrected chi connectivity index (χ4v) is 2.96. The Hall–Kier alpha value is -0.610. The topological polar surface area (TPSA) is 49.6 Å². The molecule has 2 fully saturated rings. The summed E-state index contributed by atoms with van der Waals surface area (Å²) in [5, 5.41) is 0. The van der Waals surface area contributed by atoms with Gasteiger partial charge in [0.15, 0.2) is 0 Å². The lowest BCUT2D eigenvalue weighted by Gasteiger charge is -2.27. The molecule has 2 N–H and O–H groups in total. The van der Waals surface area contributed by atoms with E-state index in [0.717, 1.165) is 45.4 Å². The van der Waals surface area contributed by atoms with Crippen molar-refractivity contribution in [2.24, 2.45) is 5.73 Å². The van der Waals surface area contributed by atoms with E-state index in [1.165, 1.54) is 12.8 Å². The normalized spacial score (nSPS) is 25.9. The van der Waals surface area contributed by atoms with Gasteiger partial charge in [0, 0.05) is 31.6 Å². The third-order valence-corrected chi connectivity index (χ3v) is 4.17. The highest BCUT2D eigenvalue weighted by atomic mass is 16.2. The number of carbonyl (C=O) groups excluding carboxylic acids is 1. The highest BCUT2D eigenvalue weighted by molar-refractivity contribution is 5.77. The average molecular weight is 239 g/mol. The van der Waals surface area contributed by atoms with Crippen molar-refractivity contribution in [3.05, 3.63) is 0 Å². The van der Waals surface area contributed by atoms with Crippen molar-refractivity contribution in [3.8, 4) is 0 Å². The Labute approximate surface area is 104 Å². The van der Waals surface area contributed by atoms with Gasteiger partial charge in [-0.15, -0.1) is 0 Å². The Kier molecular flexibility index (Phi) is 4.05. The maximum atomic E-state index is 12.2. The fraction of sp³-hybridized carbons (Fsp3) is 0.923. The van der Waals surface area contributed by atoms with Gasteiger partial charge in [0.2, 0.25) is 5.91 Å². The Morgan fingerprint density at radius 2 is 1.82 bits per heavy atom. The number of carbonyl (C=O) groups is 1. The van der Waals surface area contributed by atoms with Crippen LogP contribution in [0, 0.1) is 0 Å². The first-order chi connectivity index (χ1) is 8.09. The van der Waals surface area contributed by atoms with Crippen molar-refractivity contribution in [1.29, 1.82) is 0 Å². The number of nitrogens with zero attached hydrogens (tertiary/aromatic N) is 2. The van der Waals surface area contributed by atoms with Gasteiger partial charge in [-0.25, -0.2) is 0 Å². The van der Waals surface area contributed by atoms with E-state index in [0.29, 0.717) is 6.42 Å². The second kappa shape index (κ2) is 5.36. The van der Waals surface area contributed by atoms with Gasteiger partial charge in [0.1, 0.15) is 0 Å². The number of hydrogen-bond donors (Lipinski definition) is 1. The summed E-state index contributed by atoms with van der Waals surface area (Å²) in [7, 11) is 2.12. The molecule has 1 aliphatic carbocycles. The molecule has 0 bridgehead atoms. The van der Waals surface area contributed by atoms with Gasteiger partial charge in [0.25, 0.3) is 0 Å². The summed E-state index contributed by atoms with van der Waals surface area (Å²) in [5.74, 6) is 0.268. The van der Waals surface area contributed by atoms with Crippen LogP contribution in [0.3, 0.4) is 0 Å². The first-order valence-electron chi connectivity index (χ1n) is 6.84. The lowest BCUT2D eigenvalue weighted by molar-refractivity contribution is -0.132. The number of amides is 1. The summed E-state index contributed by atoms with van der Waals surface area (Å²) >= 11 is 0. The van der Waals surface area contributed by atoms with E-state index in [9.17, 15) is 4.79 Å². The standard InChI is InChI=1S/C13H25N3O/c1-15-7-4-8-16(10-9-15)12(17)11-13(14)5-2-3-6-13/h2-11,14H2,1H3. The number of rotatable bonds is 2. The molecule has 0 atom stereocenters. The van der Waals surface area contributed by atoms with Crippen molar-refractivity contribution in [1.82, 2.24) is 9.80 Å². The SMILES string of the molecule is CN1CCCN(C(=O)CC2(N)CCCC2)CC1. The smallest absolute Gasteiger partial charge is 0.224 e. The molecule has 2 rings (SSSR count). The molecule has 0 aromatic heterocycles. The monoisotopic (exact) mass is 239 g/mol. The summed E-state index contributed by atoms with van der Waals surface area (Å²) in [6.07, 6.45) is 6.05. The van der Waals surface area contributed by atoms with Gasteiger partial charge in [-0.1, -0.05) is 12.8 Å². The van der Waals surface area contributed by atoms with Gasteiger partial charge in [-0.3, -0.25) is 4.79 Å². The van der Waals surface area contributed by atoms with Crippen LogP contribution in [0.25, 0.3) is 0 Å². The quantitative estimate of drug-likeness (QED) is 0.776. The van der Waals surface area contributed by atoms with E-state index in [4.69, 9.17) is 5.73 Å². The Balaban J connectivity index is 1.86. The van der Waals surface area contributed by atoms with Crippen LogP contribution in [0.5, 0.6) is 0 Å². The maximum Gasteiger partial charge on any atom is 0.224 e. The molecule has 1 aliphatic heterocycles. The molecule has 17 heavy (non-hydrogen) atoms. The Morgan fingerprint density at radius 1 is 1.12 bits per heavy atom. The highest BCUT2D eigenvalue weighted by Crippen LogP contribution is 2.30. The van der Waals surface area contributed by atoms with Gasteiger partial charge < -0.3 is 15.5 Å². The van der Waals surface area contributed by atoms with E-state index in [-0.39, 0.29) is 11.4 Å². The minimum absolute atomic E-state index is 0.199. The van der Waals surface area contributed by atoms with Gasteiger partial charge in [0.05, 0.1) is 0 Å². The molecule has 2 aliphatic rings. The van der Waals surface area contributed by atoms with Crippen LogP contribution >= 0.6 is 0 Å². The van der Waals surface area contributed by atoms with Crippen LogP contribution in [0.4, 0.5) is 0 Å². The van der Waals surface area contributed by atoms with Crippen LogP contribution in [-0.4, -0.2) is 54.5 Å². The van der Waals surface area contributed by atoms with Gasteiger partial charge >= 0.3 is 0 Å². The molecule has 0 radical (unpaired) electrons. The van der Waals surface area contributed by atoms with Crippen LogP contribution in [0.15, 0.2) is 0 Å². The predicted molar refractivity (Wildman–Crippen MR) is 68.7 cm³/mol. The molecule has 1 saturated heterocycles. The fourth-order valence-electron chi connectivity index (χ4n) is 2.96. The lowest BCUT2D eigenvalue weighted by atomic mass is 9.94. The average Bonchev–Trinajstić information content (AvgIpc) is 2.57. The van der Waals surface area contributed by atoms with Crippen LogP contribution in [0.1, 0.15) is 38.5 Å².